The Balaban J connectivity index is 2.33. The first-order chi connectivity index (χ1) is 6.95. The number of hydrogen-bond donors (Lipinski definition) is 1. The van der Waals surface area contributed by atoms with E-state index in [-0.39, 0.29) is 0 Å². The van der Waals surface area contributed by atoms with Gasteiger partial charge < -0.3 is 4.98 Å². The van der Waals surface area contributed by atoms with E-state index in [0.717, 1.165) is 11.2 Å². The first kappa shape index (κ1) is 7.25. The number of H-pyrrole nitrogens is 1. The average molecular weight is 185 g/mol. The Bertz CT molecular complexity index is 551. The largest absolute Gasteiger partial charge is 0.366 e. The Morgan fingerprint density at radius 3 is 3.14 bits per heavy atom. The minimum atomic E-state index is 0.709. The molecule has 0 radical (unpaired) electrons. The molecule has 3 rings (SSSR count). The summed E-state index contributed by atoms with van der Waals surface area (Å²) in [6, 6.07) is 1.97. The molecule has 0 aliphatic rings. The molecule has 0 saturated heterocycles. The molecule has 0 aliphatic heterocycles. The zero-order chi connectivity index (χ0) is 9.38. The second-order valence-electron chi connectivity index (χ2n) is 2.92. The van der Waals surface area contributed by atoms with Gasteiger partial charge in [0, 0.05) is 12.4 Å². The fourth-order valence-electron chi connectivity index (χ4n) is 1.43. The summed E-state index contributed by atoms with van der Waals surface area (Å²) in [6.45, 7) is 0. The molecule has 3 heterocycles. The summed E-state index contributed by atoms with van der Waals surface area (Å²) in [7, 11) is 0. The van der Waals surface area contributed by atoms with E-state index in [1.165, 1.54) is 6.33 Å². The zero-order valence-electron chi connectivity index (χ0n) is 7.25. The number of aromatic amines is 1. The summed E-state index contributed by atoms with van der Waals surface area (Å²) in [5, 5.41) is 0. The van der Waals surface area contributed by atoms with Crippen LogP contribution in [0.1, 0.15) is 0 Å². The molecule has 0 saturated carbocycles. The summed E-state index contributed by atoms with van der Waals surface area (Å²) in [4.78, 5) is 15.2. The average Bonchev–Trinajstić information content (AvgIpc) is 2.85. The molecule has 0 aliphatic carbocycles. The molecule has 1 N–H and O–H groups in total. The standard InChI is InChI=1S/C9H7N5/c1-2-10-3-7(1)14-6-13-9-8(14)4-11-5-12-9/h1-6,10H. The monoisotopic (exact) mass is 185 g/mol. The maximum atomic E-state index is 4.17. The number of fused-ring (bicyclic) bond motifs is 1. The van der Waals surface area contributed by atoms with Gasteiger partial charge in [-0.05, 0) is 6.07 Å². The van der Waals surface area contributed by atoms with Crippen molar-refractivity contribution < 1.29 is 0 Å². The molecular formula is C9H7N5. The Morgan fingerprint density at radius 2 is 2.29 bits per heavy atom. The van der Waals surface area contributed by atoms with Gasteiger partial charge in [-0.15, -0.1) is 0 Å². The zero-order valence-corrected chi connectivity index (χ0v) is 7.25. The predicted octanol–water partition coefficient (Wildman–Crippen LogP) is 1.14. The lowest BCUT2D eigenvalue weighted by molar-refractivity contribution is 1.09. The van der Waals surface area contributed by atoms with Crippen LogP contribution in [0.15, 0.2) is 37.3 Å². The van der Waals surface area contributed by atoms with Gasteiger partial charge in [0.2, 0.25) is 0 Å². The molecule has 3 aromatic heterocycles. The predicted molar refractivity (Wildman–Crippen MR) is 51.0 cm³/mol. The normalized spacial score (nSPS) is 10.9. The molecule has 0 atom stereocenters. The van der Waals surface area contributed by atoms with Crippen molar-refractivity contribution in [3.63, 3.8) is 0 Å². The molecule has 0 unspecified atom stereocenters. The van der Waals surface area contributed by atoms with Crippen molar-refractivity contribution in [1.82, 2.24) is 24.5 Å². The van der Waals surface area contributed by atoms with E-state index in [0.29, 0.717) is 5.65 Å². The van der Waals surface area contributed by atoms with E-state index in [1.54, 1.807) is 12.5 Å². The third kappa shape index (κ3) is 0.922. The minimum absolute atomic E-state index is 0.709. The maximum absolute atomic E-state index is 4.17. The SMILES string of the molecule is c1ncc2c(n1)ncn2-c1cc[nH]c1. The Hall–Kier alpha value is -2.17. The van der Waals surface area contributed by atoms with E-state index in [1.807, 2.05) is 23.0 Å². The van der Waals surface area contributed by atoms with E-state index in [4.69, 9.17) is 0 Å². The highest BCUT2D eigenvalue weighted by Crippen LogP contribution is 2.13. The summed E-state index contributed by atoms with van der Waals surface area (Å²) in [5.41, 5.74) is 2.65. The number of nitrogens with zero attached hydrogens (tertiary/aromatic N) is 4. The van der Waals surface area contributed by atoms with Crippen molar-refractivity contribution in [1.29, 1.82) is 0 Å². The lowest BCUT2D eigenvalue weighted by Gasteiger charge is -1.97. The lowest BCUT2D eigenvalue weighted by Crippen LogP contribution is -1.89. The van der Waals surface area contributed by atoms with Crippen LogP contribution in [0.25, 0.3) is 16.9 Å². The molecule has 0 amide bonds. The van der Waals surface area contributed by atoms with Gasteiger partial charge in [0.15, 0.2) is 5.65 Å². The van der Waals surface area contributed by atoms with Crippen molar-refractivity contribution in [2.45, 2.75) is 0 Å². The molecule has 0 spiro atoms. The molecule has 5 nitrogen and oxygen atoms in total. The highest BCUT2D eigenvalue weighted by atomic mass is 15.1. The van der Waals surface area contributed by atoms with E-state index >= 15 is 0 Å². The van der Waals surface area contributed by atoms with Gasteiger partial charge in [0.1, 0.15) is 18.2 Å². The molecule has 68 valence electrons. The van der Waals surface area contributed by atoms with Gasteiger partial charge in [-0.2, -0.15) is 0 Å². The Morgan fingerprint density at radius 1 is 1.29 bits per heavy atom. The third-order valence-electron chi connectivity index (χ3n) is 2.09. The van der Waals surface area contributed by atoms with Gasteiger partial charge in [-0.3, -0.25) is 4.57 Å². The maximum Gasteiger partial charge on any atom is 0.181 e. The van der Waals surface area contributed by atoms with E-state index in [9.17, 15) is 0 Å². The Labute approximate surface area is 79.5 Å². The van der Waals surface area contributed by atoms with Crippen molar-refractivity contribution in [2.75, 3.05) is 0 Å². The first-order valence-electron chi connectivity index (χ1n) is 4.21. The molecular weight excluding hydrogens is 178 g/mol. The van der Waals surface area contributed by atoms with Crippen molar-refractivity contribution >= 4 is 11.2 Å². The van der Waals surface area contributed by atoms with Crippen LogP contribution in [-0.2, 0) is 0 Å². The molecule has 14 heavy (non-hydrogen) atoms. The van der Waals surface area contributed by atoms with Crippen LogP contribution in [0, 0.1) is 0 Å². The van der Waals surface area contributed by atoms with Crippen molar-refractivity contribution in [2.24, 2.45) is 0 Å². The van der Waals surface area contributed by atoms with E-state index < -0.39 is 0 Å². The highest BCUT2D eigenvalue weighted by Gasteiger charge is 2.04. The number of rotatable bonds is 1. The van der Waals surface area contributed by atoms with Crippen molar-refractivity contribution in [3.8, 4) is 5.69 Å². The van der Waals surface area contributed by atoms with Crippen LogP contribution in [0.3, 0.4) is 0 Å². The first-order valence-corrected chi connectivity index (χ1v) is 4.21. The van der Waals surface area contributed by atoms with Crippen LogP contribution in [-0.4, -0.2) is 24.5 Å². The van der Waals surface area contributed by atoms with Crippen LogP contribution in [0.2, 0.25) is 0 Å². The lowest BCUT2D eigenvalue weighted by atomic mass is 10.5. The van der Waals surface area contributed by atoms with Crippen molar-refractivity contribution in [3.05, 3.63) is 37.3 Å². The van der Waals surface area contributed by atoms with Gasteiger partial charge in [0.25, 0.3) is 0 Å². The smallest absolute Gasteiger partial charge is 0.181 e. The van der Waals surface area contributed by atoms with Crippen LogP contribution in [0.4, 0.5) is 0 Å². The van der Waals surface area contributed by atoms with E-state index in [2.05, 4.69) is 19.9 Å². The van der Waals surface area contributed by atoms with Crippen LogP contribution >= 0.6 is 0 Å². The van der Waals surface area contributed by atoms with Gasteiger partial charge in [0.05, 0.1) is 11.9 Å². The quantitative estimate of drug-likeness (QED) is 0.618. The molecule has 0 aromatic carbocycles. The summed E-state index contributed by atoms with van der Waals surface area (Å²) in [6.07, 6.45) is 8.75. The highest BCUT2D eigenvalue weighted by molar-refractivity contribution is 5.71. The number of aromatic nitrogens is 5. The van der Waals surface area contributed by atoms with Gasteiger partial charge in [-0.25, -0.2) is 15.0 Å². The second-order valence-corrected chi connectivity index (χ2v) is 2.92. The minimum Gasteiger partial charge on any atom is -0.366 e. The molecule has 0 bridgehead atoms. The van der Waals surface area contributed by atoms with Gasteiger partial charge in [-0.1, -0.05) is 0 Å². The summed E-state index contributed by atoms with van der Waals surface area (Å²) < 4.78 is 1.94. The third-order valence-corrected chi connectivity index (χ3v) is 2.09. The van der Waals surface area contributed by atoms with Gasteiger partial charge >= 0.3 is 0 Å². The topological polar surface area (TPSA) is 59.4 Å². The van der Waals surface area contributed by atoms with Crippen LogP contribution in [0.5, 0.6) is 0 Å². The summed E-state index contributed by atoms with van der Waals surface area (Å²) >= 11 is 0. The molecule has 5 heteroatoms. The molecule has 0 fully saturated rings. The number of hydrogen-bond acceptors (Lipinski definition) is 3. The fourth-order valence-corrected chi connectivity index (χ4v) is 1.43. The fraction of sp³-hybridized carbons (Fsp3) is 0. The Kier molecular flexibility index (Phi) is 1.38. The molecule has 3 aromatic rings. The number of nitrogens with one attached hydrogen (secondary N) is 1. The second kappa shape index (κ2) is 2.66. The van der Waals surface area contributed by atoms with Crippen LogP contribution < -0.4 is 0 Å². The summed E-state index contributed by atoms with van der Waals surface area (Å²) in [5.74, 6) is 0. The number of imidazole rings is 1.